The van der Waals surface area contributed by atoms with Crippen LogP contribution < -0.4 is 5.30 Å². The second-order valence-corrected chi connectivity index (χ2v) is 8.22. The lowest BCUT2D eigenvalue weighted by molar-refractivity contribution is 0.112. The first kappa shape index (κ1) is 19.5. The molecule has 0 saturated carbocycles. The third kappa shape index (κ3) is 3.74. The molecule has 3 aromatic carbocycles. The van der Waals surface area contributed by atoms with E-state index in [1.165, 1.54) is 0 Å². The van der Waals surface area contributed by atoms with Crippen molar-refractivity contribution in [1.29, 1.82) is 0 Å². The SMILES string of the molecule is CCOP(=O)(OCC)c1ccc2ccccc2c1-c1cc(C)ccc1C=O. The minimum absolute atomic E-state index is 0.262. The van der Waals surface area contributed by atoms with Crippen LogP contribution in [0.5, 0.6) is 0 Å². The van der Waals surface area contributed by atoms with Gasteiger partial charge in [-0.2, -0.15) is 0 Å². The third-order valence-electron chi connectivity index (χ3n) is 4.41. The van der Waals surface area contributed by atoms with Crippen molar-refractivity contribution in [1.82, 2.24) is 0 Å². The topological polar surface area (TPSA) is 52.6 Å². The second-order valence-electron chi connectivity index (χ2n) is 6.22. The Hall–Kier alpha value is -2.26. The maximum Gasteiger partial charge on any atom is 0.361 e. The zero-order valence-electron chi connectivity index (χ0n) is 15.8. The molecule has 0 spiro atoms. The number of aryl methyl sites for hydroxylation is 1. The molecular formula is C22H23O4P. The van der Waals surface area contributed by atoms with Crippen LogP contribution in [0.2, 0.25) is 0 Å². The summed E-state index contributed by atoms with van der Waals surface area (Å²) in [6, 6.07) is 17.2. The number of carbonyl (C=O) groups is 1. The van der Waals surface area contributed by atoms with Crippen LogP contribution in [0.4, 0.5) is 0 Å². The second kappa shape index (κ2) is 8.18. The maximum absolute atomic E-state index is 13.6. The zero-order chi connectivity index (χ0) is 19.4. The van der Waals surface area contributed by atoms with Crippen LogP contribution in [0.15, 0.2) is 54.6 Å². The number of carbonyl (C=O) groups excluding carboxylic acids is 1. The Kier molecular flexibility index (Phi) is 5.91. The molecule has 3 aromatic rings. The average molecular weight is 382 g/mol. The zero-order valence-corrected chi connectivity index (χ0v) is 16.7. The molecule has 0 amide bonds. The Morgan fingerprint density at radius 3 is 2.33 bits per heavy atom. The van der Waals surface area contributed by atoms with Gasteiger partial charge in [0.2, 0.25) is 0 Å². The number of fused-ring (bicyclic) bond motifs is 1. The molecule has 0 unspecified atom stereocenters. The van der Waals surface area contributed by atoms with Gasteiger partial charge in [-0.05, 0) is 43.2 Å². The number of hydrogen-bond donors (Lipinski definition) is 0. The van der Waals surface area contributed by atoms with Gasteiger partial charge in [0.15, 0.2) is 6.29 Å². The van der Waals surface area contributed by atoms with E-state index in [0.29, 0.717) is 10.9 Å². The molecular weight excluding hydrogens is 359 g/mol. The largest absolute Gasteiger partial charge is 0.361 e. The van der Waals surface area contributed by atoms with E-state index in [2.05, 4.69) is 0 Å². The van der Waals surface area contributed by atoms with Crippen LogP contribution >= 0.6 is 7.60 Å². The van der Waals surface area contributed by atoms with E-state index in [0.717, 1.165) is 33.7 Å². The third-order valence-corrected chi connectivity index (χ3v) is 6.56. The van der Waals surface area contributed by atoms with E-state index in [9.17, 15) is 9.36 Å². The van der Waals surface area contributed by atoms with Gasteiger partial charge in [0.25, 0.3) is 0 Å². The van der Waals surface area contributed by atoms with Crippen LogP contribution in [-0.2, 0) is 13.6 Å². The lowest BCUT2D eigenvalue weighted by atomic mass is 9.93. The summed E-state index contributed by atoms with van der Waals surface area (Å²) in [6.45, 7) is 6.06. The van der Waals surface area contributed by atoms with Crippen LogP contribution in [0.25, 0.3) is 21.9 Å². The molecule has 0 atom stereocenters. The van der Waals surface area contributed by atoms with Crippen LogP contribution in [0, 0.1) is 6.92 Å². The summed E-state index contributed by atoms with van der Waals surface area (Å²) in [5, 5.41) is 2.39. The summed E-state index contributed by atoms with van der Waals surface area (Å²) in [5.41, 5.74) is 3.01. The quantitative estimate of drug-likeness (QED) is 0.399. The van der Waals surface area contributed by atoms with Crippen molar-refractivity contribution < 1.29 is 18.4 Å². The molecule has 140 valence electrons. The molecule has 0 aliphatic heterocycles. The van der Waals surface area contributed by atoms with Gasteiger partial charge < -0.3 is 9.05 Å². The fraction of sp³-hybridized carbons (Fsp3) is 0.227. The Morgan fingerprint density at radius 2 is 1.67 bits per heavy atom. The Balaban J connectivity index is 2.44. The fourth-order valence-corrected chi connectivity index (χ4v) is 5.08. The van der Waals surface area contributed by atoms with Crippen molar-refractivity contribution >= 4 is 30.0 Å². The fourth-order valence-electron chi connectivity index (χ4n) is 3.28. The number of benzene rings is 3. The number of aldehydes is 1. The van der Waals surface area contributed by atoms with Crippen molar-refractivity contribution in [2.75, 3.05) is 13.2 Å². The first-order valence-electron chi connectivity index (χ1n) is 9.01. The normalized spacial score (nSPS) is 11.7. The van der Waals surface area contributed by atoms with Gasteiger partial charge in [-0.3, -0.25) is 9.36 Å². The molecule has 0 saturated heterocycles. The van der Waals surface area contributed by atoms with Crippen molar-refractivity contribution in [3.05, 3.63) is 65.7 Å². The molecule has 0 radical (unpaired) electrons. The Labute approximate surface area is 159 Å². The van der Waals surface area contributed by atoms with Gasteiger partial charge in [0.05, 0.1) is 18.5 Å². The first-order chi connectivity index (χ1) is 13.0. The molecule has 4 nitrogen and oxygen atoms in total. The molecule has 0 fully saturated rings. The van der Waals surface area contributed by atoms with Crippen LogP contribution in [-0.4, -0.2) is 19.5 Å². The van der Waals surface area contributed by atoms with Crippen LogP contribution in [0.1, 0.15) is 29.8 Å². The maximum atomic E-state index is 13.6. The summed E-state index contributed by atoms with van der Waals surface area (Å²) >= 11 is 0. The van der Waals surface area contributed by atoms with Gasteiger partial charge in [-0.15, -0.1) is 0 Å². The van der Waals surface area contributed by atoms with E-state index in [-0.39, 0.29) is 13.2 Å². The van der Waals surface area contributed by atoms with Crippen molar-refractivity contribution in [2.45, 2.75) is 20.8 Å². The highest BCUT2D eigenvalue weighted by molar-refractivity contribution is 7.62. The number of hydrogen-bond acceptors (Lipinski definition) is 4. The highest BCUT2D eigenvalue weighted by Crippen LogP contribution is 2.50. The molecule has 0 aliphatic carbocycles. The Morgan fingerprint density at radius 1 is 0.963 bits per heavy atom. The number of rotatable bonds is 7. The molecule has 27 heavy (non-hydrogen) atoms. The lowest BCUT2D eigenvalue weighted by Crippen LogP contribution is -2.14. The van der Waals surface area contributed by atoms with Crippen molar-refractivity contribution in [2.24, 2.45) is 0 Å². The summed E-state index contributed by atoms with van der Waals surface area (Å²) in [4.78, 5) is 11.7. The van der Waals surface area contributed by atoms with Crippen molar-refractivity contribution in [3.8, 4) is 11.1 Å². The minimum Gasteiger partial charge on any atom is -0.305 e. The van der Waals surface area contributed by atoms with Crippen LogP contribution in [0.3, 0.4) is 0 Å². The van der Waals surface area contributed by atoms with Gasteiger partial charge in [0.1, 0.15) is 0 Å². The summed E-state index contributed by atoms with van der Waals surface area (Å²) in [6.07, 6.45) is 0.826. The van der Waals surface area contributed by atoms with E-state index in [4.69, 9.17) is 9.05 Å². The molecule has 0 aromatic heterocycles. The first-order valence-corrected chi connectivity index (χ1v) is 10.6. The van der Waals surface area contributed by atoms with Gasteiger partial charge in [-0.1, -0.05) is 54.1 Å². The van der Waals surface area contributed by atoms with Crippen molar-refractivity contribution in [3.63, 3.8) is 0 Å². The van der Waals surface area contributed by atoms with E-state index in [1.54, 1.807) is 26.0 Å². The highest BCUT2D eigenvalue weighted by atomic mass is 31.2. The summed E-state index contributed by atoms with van der Waals surface area (Å²) in [5.74, 6) is 0. The molecule has 5 heteroatoms. The lowest BCUT2D eigenvalue weighted by Gasteiger charge is -2.22. The summed E-state index contributed by atoms with van der Waals surface area (Å²) < 4.78 is 24.8. The molecule has 0 N–H and O–H groups in total. The predicted octanol–water partition coefficient (Wildman–Crippen LogP) is 5.52. The van der Waals surface area contributed by atoms with Gasteiger partial charge >= 0.3 is 7.60 Å². The standard InChI is InChI=1S/C22H23O4P/c1-4-25-27(24,26-5-2)21-13-12-17-8-6-7-9-19(17)22(21)20-14-16(3)10-11-18(20)15-23/h6-15H,4-5H2,1-3H3. The molecule has 3 rings (SSSR count). The average Bonchev–Trinajstić information content (AvgIpc) is 2.67. The van der Waals surface area contributed by atoms with E-state index in [1.807, 2.05) is 49.4 Å². The smallest absolute Gasteiger partial charge is 0.305 e. The Bertz CT molecular complexity index is 1020. The monoisotopic (exact) mass is 382 g/mol. The molecule has 0 aliphatic rings. The van der Waals surface area contributed by atoms with Gasteiger partial charge in [-0.25, -0.2) is 0 Å². The highest BCUT2D eigenvalue weighted by Gasteiger charge is 2.31. The minimum atomic E-state index is -3.54. The van der Waals surface area contributed by atoms with Gasteiger partial charge in [0, 0.05) is 11.1 Å². The summed E-state index contributed by atoms with van der Waals surface area (Å²) in [7, 11) is -3.54. The van der Waals surface area contributed by atoms with E-state index >= 15 is 0 Å². The predicted molar refractivity (Wildman–Crippen MR) is 110 cm³/mol. The molecule has 0 bridgehead atoms. The molecule has 0 heterocycles. The van der Waals surface area contributed by atoms with E-state index < -0.39 is 7.60 Å².